The molecule has 60 heavy (non-hydrogen) atoms. The summed E-state index contributed by atoms with van der Waals surface area (Å²) < 4.78 is 4.90. The quantitative estimate of drug-likeness (QED) is 0.169. The van der Waals surface area contributed by atoms with Gasteiger partial charge in [0.1, 0.15) is 0 Å². The highest BCUT2D eigenvalue weighted by atomic mass is 15.0. The molecule has 0 unspecified atom stereocenters. The maximum Gasteiger partial charge on any atom is 0.160 e. The monoisotopic (exact) mass is 764 g/mol. The molecule has 0 spiro atoms. The minimum Gasteiger partial charge on any atom is -0.309 e. The second-order valence-corrected chi connectivity index (χ2v) is 15.4. The molecule has 280 valence electrons. The van der Waals surface area contributed by atoms with Crippen molar-refractivity contribution in [1.29, 1.82) is 0 Å². The van der Waals surface area contributed by atoms with E-state index in [1.54, 1.807) is 0 Å². The summed E-state index contributed by atoms with van der Waals surface area (Å²) in [7, 11) is 0. The highest BCUT2D eigenvalue weighted by Gasteiger charge is 2.22. The van der Waals surface area contributed by atoms with Gasteiger partial charge in [-0.2, -0.15) is 0 Å². The van der Waals surface area contributed by atoms with Gasteiger partial charge in [0.2, 0.25) is 0 Å². The lowest BCUT2D eigenvalue weighted by atomic mass is 9.98. The van der Waals surface area contributed by atoms with Crippen molar-refractivity contribution in [3.05, 3.63) is 218 Å². The van der Waals surface area contributed by atoms with Gasteiger partial charge in [0, 0.05) is 49.4 Å². The fourth-order valence-corrected chi connectivity index (χ4v) is 9.17. The van der Waals surface area contributed by atoms with E-state index in [4.69, 9.17) is 9.97 Å². The summed E-state index contributed by atoms with van der Waals surface area (Å²) in [6, 6.07) is 78.1. The number of benzene rings is 9. The van der Waals surface area contributed by atoms with E-state index in [1.165, 1.54) is 54.8 Å². The summed E-state index contributed by atoms with van der Waals surface area (Å²) in [6.45, 7) is 0. The molecule has 4 heteroatoms. The Bertz CT molecular complexity index is 3510. The largest absolute Gasteiger partial charge is 0.309 e. The lowest BCUT2D eigenvalue weighted by Crippen LogP contribution is -1.97. The first-order valence-corrected chi connectivity index (χ1v) is 20.4. The molecule has 0 radical (unpaired) electrons. The normalized spacial score (nSPS) is 11.7. The van der Waals surface area contributed by atoms with Crippen LogP contribution >= 0.6 is 0 Å². The number of para-hydroxylation sites is 3. The molecule has 12 rings (SSSR count). The van der Waals surface area contributed by atoms with E-state index in [2.05, 4.69) is 215 Å². The summed E-state index contributed by atoms with van der Waals surface area (Å²) in [5, 5.41) is 5.93. The average molecular weight is 765 g/mol. The molecular weight excluding hydrogens is 729 g/mol. The summed E-state index contributed by atoms with van der Waals surface area (Å²) in [6.07, 6.45) is 0. The lowest BCUT2D eigenvalue weighted by Gasteiger charge is -2.15. The summed E-state index contributed by atoms with van der Waals surface area (Å²) in [5.41, 5.74) is 15.5. The third-order valence-electron chi connectivity index (χ3n) is 11.9. The van der Waals surface area contributed by atoms with Crippen molar-refractivity contribution in [1.82, 2.24) is 19.1 Å². The van der Waals surface area contributed by atoms with E-state index in [1.807, 2.05) is 12.1 Å². The number of fused-ring (bicyclic) bond motifs is 8. The van der Waals surface area contributed by atoms with Gasteiger partial charge in [-0.3, -0.25) is 0 Å². The lowest BCUT2D eigenvalue weighted by molar-refractivity contribution is 1.17. The van der Waals surface area contributed by atoms with Crippen LogP contribution in [0.1, 0.15) is 0 Å². The van der Waals surface area contributed by atoms with Crippen LogP contribution < -0.4 is 0 Å². The van der Waals surface area contributed by atoms with E-state index >= 15 is 0 Å². The molecule has 12 aromatic rings. The number of hydrogen-bond donors (Lipinski definition) is 0. The van der Waals surface area contributed by atoms with Crippen LogP contribution in [0.5, 0.6) is 0 Å². The van der Waals surface area contributed by atoms with Gasteiger partial charge in [0.15, 0.2) is 5.82 Å². The van der Waals surface area contributed by atoms with Crippen LogP contribution in [-0.2, 0) is 0 Å². The number of aromatic nitrogens is 4. The first-order valence-electron chi connectivity index (χ1n) is 20.4. The SMILES string of the molecule is c1ccc(-c2cc(-c3ccccc3)cc(-n3c4ccccc4c4ccc5c(c6ccccc6n5-c5ccc(-c6nc(-c7ccccc7)c7ccccc7n6)cc5)c43)c2)cc1. The summed E-state index contributed by atoms with van der Waals surface area (Å²) in [5.74, 6) is 0.708. The molecular formula is C56H36N4. The predicted octanol–water partition coefficient (Wildman–Crippen LogP) is 14.5. The smallest absolute Gasteiger partial charge is 0.160 e. The number of hydrogen-bond acceptors (Lipinski definition) is 2. The van der Waals surface area contributed by atoms with Gasteiger partial charge in [-0.25, -0.2) is 9.97 Å². The third kappa shape index (κ3) is 5.46. The Morgan fingerprint density at radius 2 is 0.850 bits per heavy atom. The molecule has 0 N–H and O–H groups in total. The Balaban J connectivity index is 1.08. The van der Waals surface area contributed by atoms with Crippen molar-refractivity contribution in [2.24, 2.45) is 0 Å². The van der Waals surface area contributed by atoms with Crippen molar-refractivity contribution in [2.45, 2.75) is 0 Å². The van der Waals surface area contributed by atoms with Gasteiger partial charge < -0.3 is 9.13 Å². The summed E-state index contributed by atoms with van der Waals surface area (Å²) in [4.78, 5) is 10.2. The number of nitrogens with zero attached hydrogens (tertiary/aromatic N) is 4. The van der Waals surface area contributed by atoms with Crippen LogP contribution in [0, 0.1) is 0 Å². The Morgan fingerprint density at radius 1 is 0.300 bits per heavy atom. The first-order chi connectivity index (χ1) is 29.8. The van der Waals surface area contributed by atoms with Gasteiger partial charge in [-0.05, 0) is 89.0 Å². The van der Waals surface area contributed by atoms with Crippen molar-refractivity contribution >= 4 is 54.5 Å². The van der Waals surface area contributed by atoms with E-state index in [0.717, 1.165) is 50.1 Å². The van der Waals surface area contributed by atoms with Gasteiger partial charge in [0.05, 0.1) is 33.3 Å². The fourth-order valence-electron chi connectivity index (χ4n) is 9.17. The first kappa shape index (κ1) is 34.0. The van der Waals surface area contributed by atoms with Gasteiger partial charge >= 0.3 is 0 Å². The Kier molecular flexibility index (Phi) is 7.82. The molecule has 9 aromatic carbocycles. The standard InChI is InChI=1S/C56H36N4/c1-4-16-37(17-5-1)41-34-42(38-18-6-2-7-19-38)36-44(35-41)60-50-26-14-11-22-45(50)46-32-33-52-53(55(46)60)48-24-12-15-27-51(48)59(52)43-30-28-40(29-31-43)56-57-49-25-13-10-23-47(49)54(58-56)39-20-8-3-9-21-39/h1-36H. The molecule has 0 amide bonds. The molecule has 0 aliphatic carbocycles. The number of rotatable bonds is 6. The van der Waals surface area contributed by atoms with E-state index in [-0.39, 0.29) is 0 Å². The van der Waals surface area contributed by atoms with E-state index < -0.39 is 0 Å². The average Bonchev–Trinajstić information content (AvgIpc) is 3.85. The van der Waals surface area contributed by atoms with Crippen LogP contribution in [0.25, 0.3) is 111 Å². The van der Waals surface area contributed by atoms with Gasteiger partial charge in [0.25, 0.3) is 0 Å². The summed E-state index contributed by atoms with van der Waals surface area (Å²) >= 11 is 0. The van der Waals surface area contributed by atoms with Gasteiger partial charge in [-0.1, -0.05) is 152 Å². The minimum absolute atomic E-state index is 0.708. The van der Waals surface area contributed by atoms with Crippen LogP contribution in [-0.4, -0.2) is 19.1 Å². The van der Waals surface area contributed by atoms with Crippen LogP contribution in [0.2, 0.25) is 0 Å². The Labute approximate surface area is 346 Å². The minimum atomic E-state index is 0.708. The zero-order valence-corrected chi connectivity index (χ0v) is 32.6. The fraction of sp³-hybridized carbons (Fsp3) is 0. The zero-order chi connectivity index (χ0) is 39.6. The zero-order valence-electron chi connectivity index (χ0n) is 32.6. The highest BCUT2D eigenvalue weighted by molar-refractivity contribution is 6.26. The topological polar surface area (TPSA) is 35.6 Å². The van der Waals surface area contributed by atoms with Crippen LogP contribution in [0.3, 0.4) is 0 Å². The molecule has 0 saturated carbocycles. The maximum atomic E-state index is 5.16. The second-order valence-electron chi connectivity index (χ2n) is 15.4. The van der Waals surface area contributed by atoms with E-state index in [0.29, 0.717) is 5.82 Å². The molecule has 0 fully saturated rings. The highest BCUT2D eigenvalue weighted by Crippen LogP contribution is 2.43. The van der Waals surface area contributed by atoms with E-state index in [9.17, 15) is 0 Å². The Morgan fingerprint density at radius 3 is 1.52 bits per heavy atom. The molecule has 0 aliphatic heterocycles. The van der Waals surface area contributed by atoms with Crippen molar-refractivity contribution in [2.75, 3.05) is 0 Å². The Hall–Kier alpha value is -8.08. The second kappa shape index (κ2) is 13.8. The van der Waals surface area contributed by atoms with Crippen LogP contribution in [0.4, 0.5) is 0 Å². The third-order valence-corrected chi connectivity index (χ3v) is 11.9. The molecule has 0 saturated heterocycles. The predicted molar refractivity (Wildman–Crippen MR) is 250 cm³/mol. The molecule has 0 atom stereocenters. The van der Waals surface area contributed by atoms with Crippen molar-refractivity contribution in [3.8, 4) is 56.3 Å². The molecule has 0 aliphatic rings. The van der Waals surface area contributed by atoms with Crippen molar-refractivity contribution < 1.29 is 0 Å². The molecule has 3 aromatic heterocycles. The molecule has 4 nitrogen and oxygen atoms in total. The van der Waals surface area contributed by atoms with Crippen molar-refractivity contribution in [3.63, 3.8) is 0 Å². The maximum absolute atomic E-state index is 5.16. The molecule has 3 heterocycles. The van der Waals surface area contributed by atoms with Crippen LogP contribution in [0.15, 0.2) is 218 Å². The molecule has 0 bridgehead atoms. The van der Waals surface area contributed by atoms with Gasteiger partial charge in [-0.15, -0.1) is 0 Å².